The van der Waals surface area contributed by atoms with Gasteiger partial charge in [-0.3, -0.25) is 4.79 Å². The maximum atomic E-state index is 13.5. The maximum absolute atomic E-state index is 13.5. The lowest BCUT2D eigenvalue weighted by Crippen LogP contribution is -2.32. The van der Waals surface area contributed by atoms with Crippen LogP contribution < -0.4 is 9.47 Å². The highest BCUT2D eigenvalue weighted by Gasteiger charge is 2.17. The topological polar surface area (TPSA) is 54.6 Å². The number of ether oxygens (including phenoxy) is 2. The lowest BCUT2D eigenvalue weighted by atomic mass is 10.1. The first kappa shape index (κ1) is 23.4. The van der Waals surface area contributed by atoms with E-state index in [1.807, 2.05) is 84.8 Å². The van der Waals surface area contributed by atoms with Gasteiger partial charge in [-0.1, -0.05) is 31.2 Å². The van der Waals surface area contributed by atoms with Gasteiger partial charge in [0.1, 0.15) is 11.5 Å². The number of fused-ring (bicyclic) bond motifs is 1. The van der Waals surface area contributed by atoms with E-state index in [2.05, 4.69) is 11.9 Å². The zero-order valence-corrected chi connectivity index (χ0v) is 20.1. The molecule has 5 heteroatoms. The Morgan fingerprint density at radius 3 is 2.29 bits per heavy atom. The van der Waals surface area contributed by atoms with E-state index < -0.39 is 0 Å². The highest BCUT2D eigenvalue weighted by molar-refractivity contribution is 5.94. The van der Waals surface area contributed by atoms with Gasteiger partial charge in [0.25, 0.3) is 5.91 Å². The number of benzene rings is 3. The van der Waals surface area contributed by atoms with Crippen molar-refractivity contribution in [2.24, 2.45) is 0 Å². The Kier molecular flexibility index (Phi) is 7.53. The van der Waals surface area contributed by atoms with Gasteiger partial charge < -0.3 is 19.4 Å². The van der Waals surface area contributed by atoms with Crippen molar-refractivity contribution in [1.29, 1.82) is 0 Å². The molecule has 176 valence electrons. The quantitative estimate of drug-likeness (QED) is 0.317. The Morgan fingerprint density at radius 2 is 1.62 bits per heavy atom. The fraction of sp³-hybridized carbons (Fsp3) is 0.276. The number of methoxy groups -OCH3 is 1. The third-order valence-electron chi connectivity index (χ3n) is 6.13. The molecule has 0 spiro atoms. The van der Waals surface area contributed by atoms with Crippen molar-refractivity contribution in [3.63, 3.8) is 0 Å². The molecule has 34 heavy (non-hydrogen) atoms. The van der Waals surface area contributed by atoms with Crippen molar-refractivity contribution in [2.45, 2.75) is 33.2 Å². The minimum absolute atomic E-state index is 0.0361. The summed E-state index contributed by atoms with van der Waals surface area (Å²) >= 11 is 0. The van der Waals surface area contributed by atoms with Gasteiger partial charge in [-0.2, -0.15) is 0 Å². The van der Waals surface area contributed by atoms with Crippen LogP contribution in [0, 0.1) is 0 Å². The molecule has 0 aliphatic carbocycles. The van der Waals surface area contributed by atoms with Crippen LogP contribution in [0.5, 0.6) is 11.5 Å². The Hall–Kier alpha value is -3.73. The van der Waals surface area contributed by atoms with Crippen LogP contribution in [0.25, 0.3) is 10.9 Å². The van der Waals surface area contributed by atoms with Crippen molar-refractivity contribution in [1.82, 2.24) is 9.88 Å². The van der Waals surface area contributed by atoms with Crippen LogP contribution in [0.2, 0.25) is 0 Å². The summed E-state index contributed by atoms with van der Waals surface area (Å²) in [4.78, 5) is 18.8. The molecule has 0 unspecified atom stereocenters. The van der Waals surface area contributed by atoms with E-state index in [1.165, 1.54) is 11.1 Å². The zero-order chi connectivity index (χ0) is 23.9. The molecule has 5 nitrogen and oxygen atoms in total. The van der Waals surface area contributed by atoms with Gasteiger partial charge in [0, 0.05) is 35.8 Å². The van der Waals surface area contributed by atoms with Crippen LogP contribution in [-0.4, -0.2) is 36.1 Å². The molecule has 0 aliphatic rings. The highest BCUT2D eigenvalue weighted by Crippen LogP contribution is 2.25. The summed E-state index contributed by atoms with van der Waals surface area (Å²) in [6.07, 6.45) is 3.72. The first-order valence-electron chi connectivity index (χ1n) is 11.8. The maximum Gasteiger partial charge on any atom is 0.254 e. The molecule has 0 fully saturated rings. The van der Waals surface area contributed by atoms with Crippen LogP contribution in [0.1, 0.15) is 40.9 Å². The molecule has 0 aliphatic heterocycles. The summed E-state index contributed by atoms with van der Waals surface area (Å²) in [6, 6.07) is 21.9. The second kappa shape index (κ2) is 10.9. The second-order valence-corrected chi connectivity index (χ2v) is 8.33. The van der Waals surface area contributed by atoms with Gasteiger partial charge in [0.2, 0.25) is 0 Å². The largest absolute Gasteiger partial charge is 0.497 e. The molecule has 4 rings (SSSR count). The van der Waals surface area contributed by atoms with Gasteiger partial charge in [0.15, 0.2) is 0 Å². The molecule has 1 N–H and O–H groups in total. The van der Waals surface area contributed by atoms with E-state index >= 15 is 0 Å². The van der Waals surface area contributed by atoms with Crippen LogP contribution in [0.3, 0.4) is 0 Å². The molecule has 1 amide bonds. The number of nitrogens with zero attached hydrogens (tertiary/aromatic N) is 1. The number of aryl methyl sites for hydroxylation is 1. The minimum Gasteiger partial charge on any atom is -0.497 e. The molecule has 0 bridgehead atoms. The molecule has 3 aromatic carbocycles. The normalized spacial score (nSPS) is 10.9. The van der Waals surface area contributed by atoms with Crippen molar-refractivity contribution < 1.29 is 14.3 Å². The van der Waals surface area contributed by atoms with Crippen molar-refractivity contribution in [3.8, 4) is 11.5 Å². The van der Waals surface area contributed by atoms with E-state index in [9.17, 15) is 4.79 Å². The van der Waals surface area contributed by atoms with Crippen LogP contribution >= 0.6 is 0 Å². The number of H-pyrrole nitrogens is 1. The molecular formula is C29H32N2O3. The summed E-state index contributed by atoms with van der Waals surface area (Å²) in [6.45, 7) is 5.86. The summed E-state index contributed by atoms with van der Waals surface area (Å²) in [5.74, 6) is 1.70. The minimum atomic E-state index is 0.0361. The van der Waals surface area contributed by atoms with Crippen molar-refractivity contribution in [2.75, 3.05) is 20.3 Å². The monoisotopic (exact) mass is 456 g/mol. The fourth-order valence-corrected chi connectivity index (χ4v) is 4.14. The number of nitrogens with one attached hydrogen (secondary N) is 1. The van der Waals surface area contributed by atoms with E-state index in [0.717, 1.165) is 40.8 Å². The van der Waals surface area contributed by atoms with Crippen LogP contribution in [-0.2, 0) is 19.4 Å². The number of aromatic amines is 1. The van der Waals surface area contributed by atoms with Crippen molar-refractivity contribution in [3.05, 3.63) is 95.2 Å². The number of rotatable bonds is 10. The summed E-state index contributed by atoms with van der Waals surface area (Å²) < 4.78 is 11.0. The highest BCUT2D eigenvalue weighted by atomic mass is 16.5. The number of amides is 1. The second-order valence-electron chi connectivity index (χ2n) is 8.33. The molecule has 1 aromatic heterocycles. The first-order valence-corrected chi connectivity index (χ1v) is 11.8. The average molecular weight is 457 g/mol. The lowest BCUT2D eigenvalue weighted by molar-refractivity contribution is 0.0745. The predicted molar refractivity (Wildman–Crippen MR) is 137 cm³/mol. The van der Waals surface area contributed by atoms with Gasteiger partial charge in [0.05, 0.1) is 13.7 Å². The fourth-order valence-electron chi connectivity index (χ4n) is 4.14. The van der Waals surface area contributed by atoms with Gasteiger partial charge in [-0.25, -0.2) is 0 Å². The number of hydrogen-bond donors (Lipinski definition) is 1. The molecule has 0 saturated carbocycles. The number of aromatic nitrogens is 1. The summed E-state index contributed by atoms with van der Waals surface area (Å²) in [5, 5.41) is 1.13. The SMILES string of the molecule is CCOc1ccc(CN(CCc2c[nH]c3ccc(OC)cc23)C(=O)c2ccc(CC)cc2)cc1. The van der Waals surface area contributed by atoms with E-state index in [0.29, 0.717) is 25.3 Å². The molecular weight excluding hydrogens is 424 g/mol. The first-order chi connectivity index (χ1) is 16.6. The van der Waals surface area contributed by atoms with E-state index in [4.69, 9.17) is 9.47 Å². The smallest absolute Gasteiger partial charge is 0.254 e. The Bertz CT molecular complexity index is 1230. The number of carbonyl (C=O) groups excluding carboxylic acids is 1. The van der Waals surface area contributed by atoms with Crippen molar-refractivity contribution >= 4 is 16.8 Å². The predicted octanol–water partition coefficient (Wildman–Crippen LogP) is 6.02. The Labute approximate surface area is 201 Å². The Balaban J connectivity index is 1.56. The van der Waals surface area contributed by atoms with Crippen LogP contribution in [0.4, 0.5) is 0 Å². The summed E-state index contributed by atoms with van der Waals surface area (Å²) in [7, 11) is 1.68. The molecule has 0 saturated heterocycles. The van der Waals surface area contributed by atoms with Gasteiger partial charge >= 0.3 is 0 Å². The average Bonchev–Trinajstić information content (AvgIpc) is 3.29. The van der Waals surface area contributed by atoms with Gasteiger partial charge in [-0.15, -0.1) is 0 Å². The third-order valence-corrected chi connectivity index (χ3v) is 6.13. The third kappa shape index (κ3) is 5.42. The lowest BCUT2D eigenvalue weighted by Gasteiger charge is -2.23. The summed E-state index contributed by atoms with van der Waals surface area (Å²) in [5.41, 5.74) is 5.24. The number of hydrogen-bond acceptors (Lipinski definition) is 3. The van der Waals surface area contributed by atoms with Crippen LogP contribution in [0.15, 0.2) is 72.9 Å². The number of carbonyl (C=O) groups is 1. The Morgan fingerprint density at radius 1 is 0.912 bits per heavy atom. The van der Waals surface area contributed by atoms with Gasteiger partial charge in [-0.05, 0) is 78.9 Å². The van der Waals surface area contributed by atoms with E-state index in [1.54, 1.807) is 7.11 Å². The molecule has 0 radical (unpaired) electrons. The molecule has 1 heterocycles. The zero-order valence-electron chi connectivity index (χ0n) is 20.1. The molecule has 4 aromatic rings. The molecule has 0 atom stereocenters. The standard InChI is InChI=1S/C29H32N2O3/c1-4-21-6-10-23(11-7-21)29(32)31(20-22-8-12-25(13-9-22)34-5-2)17-16-24-19-30-28-15-14-26(33-3)18-27(24)28/h6-15,18-19,30H,4-5,16-17,20H2,1-3H3. The van der Waals surface area contributed by atoms with E-state index in [-0.39, 0.29) is 5.91 Å².